The highest BCUT2D eigenvalue weighted by Gasteiger charge is 2.19. The summed E-state index contributed by atoms with van der Waals surface area (Å²) in [6.07, 6.45) is 0. The number of anilines is 1. The van der Waals surface area contributed by atoms with E-state index in [1.165, 1.54) is 16.0 Å². The molecule has 3 aromatic heterocycles. The summed E-state index contributed by atoms with van der Waals surface area (Å²) in [5.74, 6) is 0.397. The lowest BCUT2D eigenvalue weighted by atomic mass is 10.0. The molecule has 5 rings (SSSR count). The molecular weight excluding hydrogens is 442 g/mol. The molecule has 2 aromatic carbocycles. The standard InChI is InChI=1S/C27H23N5OS/c1-17(2)32-24(33)14-13-22(31-32)20-15-21(26(28)30-25(20)19-11-7-4-8-12-19)27-29-23(16-34-27)18-9-5-3-6-10-18/h3-17H,1-2H3,(H2,28,30). The van der Waals surface area contributed by atoms with E-state index in [0.717, 1.165) is 33.0 Å². The van der Waals surface area contributed by atoms with E-state index in [2.05, 4.69) is 5.10 Å². The van der Waals surface area contributed by atoms with Gasteiger partial charge in [-0.2, -0.15) is 5.10 Å². The van der Waals surface area contributed by atoms with Gasteiger partial charge in [0.2, 0.25) is 0 Å². The van der Waals surface area contributed by atoms with Crippen molar-refractivity contribution in [3.63, 3.8) is 0 Å². The first-order valence-corrected chi connectivity index (χ1v) is 11.9. The minimum atomic E-state index is -0.143. The van der Waals surface area contributed by atoms with Crippen molar-refractivity contribution in [3.05, 3.63) is 94.6 Å². The Morgan fingerprint density at radius 3 is 2.18 bits per heavy atom. The van der Waals surface area contributed by atoms with Gasteiger partial charge in [0.15, 0.2) is 0 Å². The first-order valence-electron chi connectivity index (χ1n) is 11.0. The third-order valence-electron chi connectivity index (χ3n) is 5.49. The number of benzene rings is 2. The molecule has 0 amide bonds. The highest BCUT2D eigenvalue weighted by Crippen LogP contribution is 2.38. The number of nitrogens with zero attached hydrogens (tertiary/aromatic N) is 4. The van der Waals surface area contributed by atoms with Crippen molar-refractivity contribution >= 4 is 17.2 Å². The molecule has 5 aromatic rings. The fourth-order valence-corrected chi connectivity index (χ4v) is 4.64. The Morgan fingerprint density at radius 1 is 0.824 bits per heavy atom. The van der Waals surface area contributed by atoms with Crippen molar-refractivity contribution in [1.29, 1.82) is 0 Å². The Bertz CT molecular complexity index is 1510. The molecule has 168 valence electrons. The number of hydrogen-bond donors (Lipinski definition) is 1. The van der Waals surface area contributed by atoms with E-state index >= 15 is 0 Å². The van der Waals surface area contributed by atoms with Crippen LogP contribution in [0.1, 0.15) is 19.9 Å². The number of aromatic nitrogens is 4. The minimum absolute atomic E-state index is 0.0683. The number of thiazole rings is 1. The zero-order valence-corrected chi connectivity index (χ0v) is 19.7. The van der Waals surface area contributed by atoms with Crippen LogP contribution >= 0.6 is 11.3 Å². The van der Waals surface area contributed by atoms with Gasteiger partial charge in [-0.1, -0.05) is 60.7 Å². The number of pyridine rings is 1. The van der Waals surface area contributed by atoms with Crippen molar-refractivity contribution in [1.82, 2.24) is 19.7 Å². The van der Waals surface area contributed by atoms with Gasteiger partial charge in [0.05, 0.1) is 28.7 Å². The van der Waals surface area contributed by atoms with Crippen LogP contribution in [0.25, 0.3) is 44.3 Å². The molecule has 0 radical (unpaired) electrons. The van der Waals surface area contributed by atoms with Crippen LogP contribution in [0.4, 0.5) is 5.82 Å². The molecule has 6 nitrogen and oxygen atoms in total. The maximum absolute atomic E-state index is 12.3. The van der Waals surface area contributed by atoms with Crippen LogP contribution < -0.4 is 11.3 Å². The van der Waals surface area contributed by atoms with E-state index in [4.69, 9.17) is 15.7 Å². The van der Waals surface area contributed by atoms with Crippen LogP contribution in [0.15, 0.2) is 89.0 Å². The highest BCUT2D eigenvalue weighted by atomic mass is 32.1. The third-order valence-corrected chi connectivity index (χ3v) is 6.37. The maximum atomic E-state index is 12.3. The van der Waals surface area contributed by atoms with E-state index in [9.17, 15) is 4.79 Å². The zero-order chi connectivity index (χ0) is 23.7. The van der Waals surface area contributed by atoms with Crippen LogP contribution in [-0.2, 0) is 0 Å². The second-order valence-corrected chi connectivity index (χ2v) is 9.04. The molecule has 0 aliphatic heterocycles. The Labute approximate surface area is 201 Å². The Morgan fingerprint density at radius 2 is 1.50 bits per heavy atom. The lowest BCUT2D eigenvalue weighted by Crippen LogP contribution is -2.24. The normalized spacial score (nSPS) is 11.1. The van der Waals surface area contributed by atoms with Crippen molar-refractivity contribution in [2.45, 2.75) is 19.9 Å². The topological polar surface area (TPSA) is 86.7 Å². The summed E-state index contributed by atoms with van der Waals surface area (Å²) in [6, 6.07) is 25.1. The predicted octanol–water partition coefficient (Wildman–Crippen LogP) is 5.93. The van der Waals surface area contributed by atoms with Gasteiger partial charge in [-0.3, -0.25) is 4.79 Å². The second-order valence-electron chi connectivity index (χ2n) is 8.18. The van der Waals surface area contributed by atoms with Crippen molar-refractivity contribution < 1.29 is 0 Å². The van der Waals surface area contributed by atoms with Gasteiger partial charge in [-0.15, -0.1) is 11.3 Å². The first kappa shape index (κ1) is 21.7. The van der Waals surface area contributed by atoms with Crippen molar-refractivity contribution in [3.8, 4) is 44.3 Å². The molecule has 0 spiro atoms. The first-order chi connectivity index (χ1) is 16.5. The summed E-state index contributed by atoms with van der Waals surface area (Å²) in [4.78, 5) is 22.0. The quantitative estimate of drug-likeness (QED) is 0.348. The van der Waals surface area contributed by atoms with Gasteiger partial charge >= 0.3 is 0 Å². The van der Waals surface area contributed by atoms with Crippen LogP contribution in [0.5, 0.6) is 0 Å². The fourth-order valence-electron chi connectivity index (χ4n) is 3.79. The number of rotatable bonds is 5. The van der Waals surface area contributed by atoms with Gasteiger partial charge < -0.3 is 5.73 Å². The van der Waals surface area contributed by atoms with E-state index < -0.39 is 0 Å². The molecule has 3 heterocycles. The van der Waals surface area contributed by atoms with Crippen LogP contribution in [0.3, 0.4) is 0 Å². The molecule has 0 saturated carbocycles. The summed E-state index contributed by atoms with van der Waals surface area (Å²) in [7, 11) is 0. The average Bonchev–Trinajstić information content (AvgIpc) is 3.35. The largest absolute Gasteiger partial charge is 0.383 e. The van der Waals surface area contributed by atoms with E-state index in [1.807, 2.05) is 86.0 Å². The highest BCUT2D eigenvalue weighted by molar-refractivity contribution is 7.13. The molecular formula is C27H23N5OS. The van der Waals surface area contributed by atoms with E-state index in [1.54, 1.807) is 12.1 Å². The van der Waals surface area contributed by atoms with Crippen LogP contribution in [-0.4, -0.2) is 19.7 Å². The van der Waals surface area contributed by atoms with E-state index in [-0.39, 0.29) is 11.6 Å². The lowest BCUT2D eigenvalue weighted by molar-refractivity contribution is 0.505. The molecule has 0 aliphatic carbocycles. The average molecular weight is 466 g/mol. The van der Waals surface area contributed by atoms with Crippen LogP contribution in [0.2, 0.25) is 0 Å². The second kappa shape index (κ2) is 9.03. The van der Waals surface area contributed by atoms with Gasteiger partial charge in [0.1, 0.15) is 10.8 Å². The monoisotopic (exact) mass is 465 g/mol. The molecule has 2 N–H and O–H groups in total. The van der Waals surface area contributed by atoms with E-state index in [0.29, 0.717) is 17.2 Å². The fraction of sp³-hybridized carbons (Fsp3) is 0.111. The summed E-state index contributed by atoms with van der Waals surface area (Å²) < 4.78 is 1.48. The van der Waals surface area contributed by atoms with Gasteiger partial charge in [-0.25, -0.2) is 14.6 Å². The molecule has 0 unspecified atom stereocenters. The SMILES string of the molecule is CC(C)n1nc(-c2cc(-c3nc(-c4ccccc4)cs3)c(N)nc2-c2ccccc2)ccc1=O. The summed E-state index contributed by atoms with van der Waals surface area (Å²) in [6.45, 7) is 3.87. The zero-order valence-electron chi connectivity index (χ0n) is 18.8. The molecule has 7 heteroatoms. The van der Waals surface area contributed by atoms with Gasteiger partial charge in [0, 0.05) is 28.1 Å². The van der Waals surface area contributed by atoms with Gasteiger partial charge in [-0.05, 0) is 26.0 Å². The Kier molecular flexibility index (Phi) is 5.77. The van der Waals surface area contributed by atoms with Crippen molar-refractivity contribution in [2.75, 3.05) is 5.73 Å². The lowest BCUT2D eigenvalue weighted by Gasteiger charge is -2.15. The molecule has 0 aliphatic rings. The van der Waals surface area contributed by atoms with Crippen LogP contribution in [0, 0.1) is 0 Å². The third kappa shape index (κ3) is 4.13. The summed E-state index contributed by atoms with van der Waals surface area (Å²) >= 11 is 1.52. The molecule has 0 fully saturated rings. The molecule has 0 atom stereocenters. The molecule has 34 heavy (non-hydrogen) atoms. The Hall–Kier alpha value is -4.10. The molecule has 0 saturated heterocycles. The maximum Gasteiger partial charge on any atom is 0.267 e. The van der Waals surface area contributed by atoms with Gasteiger partial charge in [0.25, 0.3) is 5.56 Å². The summed E-state index contributed by atoms with van der Waals surface area (Å²) in [5, 5.41) is 7.45. The smallest absolute Gasteiger partial charge is 0.267 e. The minimum Gasteiger partial charge on any atom is -0.383 e. The predicted molar refractivity (Wildman–Crippen MR) is 139 cm³/mol. The number of hydrogen-bond acceptors (Lipinski definition) is 6. The Balaban J connectivity index is 1.70. The van der Waals surface area contributed by atoms with Crippen molar-refractivity contribution in [2.24, 2.45) is 0 Å². The number of nitrogens with two attached hydrogens (primary N) is 1. The molecule has 0 bridgehead atoms. The number of nitrogen functional groups attached to an aromatic ring is 1. The summed E-state index contributed by atoms with van der Waals surface area (Å²) in [5.41, 5.74) is 12.1.